The number of ether oxygens (including phenoxy) is 2. The average molecular weight is 372 g/mol. The Hall–Kier alpha value is -2.64. The first-order chi connectivity index (χ1) is 13.1. The Labute approximate surface area is 160 Å². The molecule has 0 aliphatic heterocycles. The van der Waals surface area contributed by atoms with E-state index in [0.717, 1.165) is 24.5 Å². The van der Waals surface area contributed by atoms with Crippen LogP contribution >= 0.6 is 0 Å². The summed E-state index contributed by atoms with van der Waals surface area (Å²) in [5, 5.41) is 6.13. The van der Waals surface area contributed by atoms with Crippen molar-refractivity contribution < 1.29 is 14.3 Å². The lowest BCUT2D eigenvalue weighted by Gasteiger charge is -2.16. The van der Waals surface area contributed by atoms with Gasteiger partial charge in [0.05, 0.1) is 18.8 Å². The van der Waals surface area contributed by atoms with Crippen molar-refractivity contribution in [2.45, 2.75) is 6.92 Å². The summed E-state index contributed by atoms with van der Waals surface area (Å²) in [5.41, 5.74) is 1.34. The molecule has 0 spiro atoms. The van der Waals surface area contributed by atoms with E-state index in [0.29, 0.717) is 31.1 Å². The van der Waals surface area contributed by atoms with Gasteiger partial charge in [-0.2, -0.15) is 0 Å². The molecule has 0 saturated heterocycles. The summed E-state index contributed by atoms with van der Waals surface area (Å²) in [4.78, 5) is 18.9. The van der Waals surface area contributed by atoms with E-state index in [1.54, 1.807) is 25.4 Å². The van der Waals surface area contributed by atoms with Gasteiger partial charge in [0.1, 0.15) is 11.6 Å². The third-order valence-electron chi connectivity index (χ3n) is 3.94. The van der Waals surface area contributed by atoms with Crippen molar-refractivity contribution in [3.8, 4) is 5.75 Å². The van der Waals surface area contributed by atoms with Gasteiger partial charge in [-0.3, -0.25) is 4.79 Å². The van der Waals surface area contributed by atoms with Crippen molar-refractivity contribution >= 4 is 17.4 Å². The molecule has 27 heavy (non-hydrogen) atoms. The first-order valence-electron chi connectivity index (χ1n) is 9.04. The number of rotatable bonds is 11. The number of likely N-dealkylation sites (N-methyl/N-ethyl adjacent to an activating group) is 1. The second kappa shape index (κ2) is 11.2. The molecule has 1 aromatic heterocycles. The number of anilines is 2. The molecule has 0 aliphatic carbocycles. The van der Waals surface area contributed by atoms with Gasteiger partial charge in [0.25, 0.3) is 5.91 Å². The lowest BCUT2D eigenvalue weighted by molar-refractivity contribution is 0.0948. The van der Waals surface area contributed by atoms with Crippen LogP contribution in [0.1, 0.15) is 17.3 Å². The largest absolute Gasteiger partial charge is 0.494 e. The Kier molecular flexibility index (Phi) is 8.54. The second-order valence-electron chi connectivity index (χ2n) is 6.03. The summed E-state index contributed by atoms with van der Waals surface area (Å²) in [6.45, 7) is 5.36. The SMILES string of the molecule is CCOc1ccc(Nc2ncccc2C(=O)NCCN(C)CCOC)cc1. The fourth-order valence-electron chi connectivity index (χ4n) is 2.44. The minimum atomic E-state index is -0.156. The monoisotopic (exact) mass is 372 g/mol. The number of pyridine rings is 1. The van der Waals surface area contributed by atoms with Gasteiger partial charge in [-0.15, -0.1) is 0 Å². The number of carbonyl (C=O) groups excluding carboxylic acids is 1. The third kappa shape index (κ3) is 6.88. The number of aromatic nitrogens is 1. The van der Waals surface area contributed by atoms with Crippen LogP contribution in [-0.2, 0) is 4.74 Å². The van der Waals surface area contributed by atoms with E-state index in [2.05, 4.69) is 20.5 Å². The minimum Gasteiger partial charge on any atom is -0.494 e. The maximum Gasteiger partial charge on any atom is 0.255 e. The summed E-state index contributed by atoms with van der Waals surface area (Å²) >= 11 is 0. The van der Waals surface area contributed by atoms with Gasteiger partial charge in [0.15, 0.2) is 0 Å². The predicted octanol–water partition coefficient (Wildman–Crippen LogP) is 2.53. The fraction of sp³-hybridized carbons (Fsp3) is 0.400. The van der Waals surface area contributed by atoms with E-state index in [1.165, 1.54) is 0 Å². The van der Waals surface area contributed by atoms with Crippen LogP contribution in [0.3, 0.4) is 0 Å². The molecule has 1 aromatic carbocycles. The van der Waals surface area contributed by atoms with Gasteiger partial charge in [0, 0.05) is 38.6 Å². The number of nitrogens with one attached hydrogen (secondary N) is 2. The molecule has 7 nitrogen and oxygen atoms in total. The molecular weight excluding hydrogens is 344 g/mol. The lowest BCUT2D eigenvalue weighted by atomic mass is 10.2. The van der Waals surface area contributed by atoms with Crippen molar-refractivity contribution in [1.82, 2.24) is 15.2 Å². The zero-order chi connectivity index (χ0) is 19.5. The topological polar surface area (TPSA) is 75.7 Å². The third-order valence-corrected chi connectivity index (χ3v) is 3.94. The van der Waals surface area contributed by atoms with Crippen molar-refractivity contribution in [3.05, 3.63) is 48.2 Å². The molecule has 0 unspecified atom stereocenters. The van der Waals surface area contributed by atoms with Crippen molar-refractivity contribution in [2.24, 2.45) is 0 Å². The van der Waals surface area contributed by atoms with Crippen molar-refractivity contribution in [2.75, 3.05) is 52.3 Å². The summed E-state index contributed by atoms with van der Waals surface area (Å²) in [7, 11) is 3.67. The highest BCUT2D eigenvalue weighted by Gasteiger charge is 2.12. The van der Waals surface area contributed by atoms with Crippen LogP contribution in [0.15, 0.2) is 42.6 Å². The summed E-state index contributed by atoms with van der Waals surface area (Å²) in [6.07, 6.45) is 1.66. The molecule has 0 atom stereocenters. The molecule has 0 bridgehead atoms. The first kappa shape index (κ1) is 20.7. The van der Waals surface area contributed by atoms with Gasteiger partial charge >= 0.3 is 0 Å². The van der Waals surface area contributed by atoms with Crippen LogP contribution in [0.4, 0.5) is 11.5 Å². The van der Waals surface area contributed by atoms with Crippen LogP contribution in [-0.4, -0.2) is 62.8 Å². The molecule has 0 fully saturated rings. The molecule has 0 aliphatic rings. The molecule has 1 heterocycles. The average Bonchev–Trinajstić information content (AvgIpc) is 2.68. The standard InChI is InChI=1S/C20H28N4O3/c1-4-27-17-9-7-16(8-10-17)23-19-18(6-5-11-21-19)20(25)22-12-13-24(2)14-15-26-3/h5-11H,4,12-15H2,1-3H3,(H,21,23)(H,22,25). The second-order valence-corrected chi connectivity index (χ2v) is 6.03. The number of hydrogen-bond acceptors (Lipinski definition) is 6. The molecule has 0 radical (unpaired) electrons. The van der Waals surface area contributed by atoms with E-state index >= 15 is 0 Å². The molecule has 2 rings (SSSR count). The normalized spacial score (nSPS) is 10.7. The number of nitrogens with zero attached hydrogens (tertiary/aromatic N) is 2. The fourth-order valence-corrected chi connectivity index (χ4v) is 2.44. The zero-order valence-corrected chi connectivity index (χ0v) is 16.2. The van der Waals surface area contributed by atoms with Gasteiger partial charge in [-0.1, -0.05) is 0 Å². The molecule has 7 heteroatoms. The Bertz CT molecular complexity index is 707. The zero-order valence-electron chi connectivity index (χ0n) is 16.2. The van der Waals surface area contributed by atoms with Crippen LogP contribution in [0.25, 0.3) is 0 Å². The smallest absolute Gasteiger partial charge is 0.255 e. The Balaban J connectivity index is 1.94. The van der Waals surface area contributed by atoms with Gasteiger partial charge < -0.3 is 25.0 Å². The molecular formula is C20H28N4O3. The molecule has 1 amide bonds. The van der Waals surface area contributed by atoms with E-state index < -0.39 is 0 Å². The highest BCUT2D eigenvalue weighted by atomic mass is 16.5. The molecule has 2 N–H and O–H groups in total. The Morgan fingerprint density at radius 2 is 1.96 bits per heavy atom. The van der Waals surface area contributed by atoms with E-state index in [9.17, 15) is 4.79 Å². The Morgan fingerprint density at radius 3 is 2.67 bits per heavy atom. The van der Waals surface area contributed by atoms with Gasteiger partial charge in [-0.05, 0) is 50.4 Å². The number of methoxy groups -OCH3 is 1. The number of benzene rings is 1. The number of amides is 1. The van der Waals surface area contributed by atoms with Gasteiger partial charge in [0.2, 0.25) is 0 Å². The van der Waals surface area contributed by atoms with Crippen LogP contribution < -0.4 is 15.4 Å². The summed E-state index contributed by atoms with van der Waals surface area (Å²) in [5.74, 6) is 1.17. The molecule has 146 valence electrons. The lowest BCUT2D eigenvalue weighted by Crippen LogP contribution is -2.34. The quantitative estimate of drug-likeness (QED) is 0.631. The van der Waals surface area contributed by atoms with Crippen LogP contribution in [0.2, 0.25) is 0 Å². The minimum absolute atomic E-state index is 0.156. The van der Waals surface area contributed by atoms with E-state index in [-0.39, 0.29) is 5.91 Å². The maximum absolute atomic E-state index is 12.5. The van der Waals surface area contributed by atoms with Crippen molar-refractivity contribution in [1.29, 1.82) is 0 Å². The molecule has 0 saturated carbocycles. The van der Waals surface area contributed by atoms with E-state index in [1.807, 2.05) is 38.2 Å². The maximum atomic E-state index is 12.5. The predicted molar refractivity (Wildman–Crippen MR) is 107 cm³/mol. The number of carbonyl (C=O) groups is 1. The summed E-state index contributed by atoms with van der Waals surface area (Å²) in [6, 6.07) is 11.1. The summed E-state index contributed by atoms with van der Waals surface area (Å²) < 4.78 is 10.5. The van der Waals surface area contributed by atoms with Crippen LogP contribution in [0.5, 0.6) is 5.75 Å². The van der Waals surface area contributed by atoms with Gasteiger partial charge in [-0.25, -0.2) is 4.98 Å². The Morgan fingerprint density at radius 1 is 1.19 bits per heavy atom. The van der Waals surface area contributed by atoms with Crippen LogP contribution in [0, 0.1) is 0 Å². The highest BCUT2D eigenvalue weighted by Crippen LogP contribution is 2.21. The highest BCUT2D eigenvalue weighted by molar-refractivity contribution is 5.99. The number of hydrogen-bond donors (Lipinski definition) is 2. The van der Waals surface area contributed by atoms with E-state index in [4.69, 9.17) is 9.47 Å². The van der Waals surface area contributed by atoms with Crippen molar-refractivity contribution in [3.63, 3.8) is 0 Å². The first-order valence-corrected chi connectivity index (χ1v) is 9.04. The molecule has 2 aromatic rings.